The van der Waals surface area contributed by atoms with Crippen LogP contribution in [0, 0.1) is 0 Å². The maximum atomic E-state index is 12.1. The summed E-state index contributed by atoms with van der Waals surface area (Å²) >= 11 is 0. The van der Waals surface area contributed by atoms with Crippen LogP contribution in [0.5, 0.6) is 0 Å². The minimum atomic E-state index is -0.179. The summed E-state index contributed by atoms with van der Waals surface area (Å²) in [6, 6.07) is 14.5. The Balaban J connectivity index is 1.50. The van der Waals surface area contributed by atoms with E-state index in [0.717, 1.165) is 12.0 Å². The molecule has 25 heavy (non-hydrogen) atoms. The zero-order valence-electron chi connectivity index (χ0n) is 14.3. The van der Waals surface area contributed by atoms with Gasteiger partial charge in [0.05, 0.1) is 0 Å². The monoisotopic (exact) mass is 338 g/mol. The molecule has 0 unspecified atom stereocenters. The van der Waals surface area contributed by atoms with Gasteiger partial charge >= 0.3 is 0 Å². The van der Waals surface area contributed by atoms with E-state index in [0.29, 0.717) is 0 Å². The second-order valence-electron chi connectivity index (χ2n) is 6.54. The summed E-state index contributed by atoms with van der Waals surface area (Å²) < 4.78 is 0. The van der Waals surface area contributed by atoms with E-state index in [9.17, 15) is 14.4 Å². The standard InChI is InChI=1S/C20H22N2O3/c1-14(12-15-6-7-16-4-2-3-5-17(16)13-15)21-18(23)10-11-22-19(24)8-9-20(22)25/h2-7,13-14H,8-12H2,1H3,(H,21,23)/t14-/m0/s1. The number of fused-ring (bicyclic) bond motifs is 1. The first kappa shape index (κ1) is 17.1. The number of imide groups is 1. The molecule has 3 rings (SSSR count). The Hall–Kier alpha value is -2.69. The Morgan fingerprint density at radius 3 is 2.48 bits per heavy atom. The van der Waals surface area contributed by atoms with E-state index in [1.54, 1.807) is 0 Å². The first-order valence-electron chi connectivity index (χ1n) is 8.63. The minimum absolute atomic E-state index is 0.0151. The van der Waals surface area contributed by atoms with Crippen LogP contribution < -0.4 is 5.32 Å². The molecule has 0 bridgehead atoms. The predicted molar refractivity (Wildman–Crippen MR) is 95.8 cm³/mol. The normalized spacial score (nSPS) is 15.6. The van der Waals surface area contributed by atoms with Crippen molar-refractivity contribution in [2.75, 3.05) is 6.54 Å². The molecule has 0 aliphatic carbocycles. The molecule has 0 aromatic heterocycles. The number of amides is 3. The fourth-order valence-corrected chi connectivity index (χ4v) is 3.20. The number of likely N-dealkylation sites (tertiary alicyclic amines) is 1. The third-order valence-electron chi connectivity index (χ3n) is 4.48. The van der Waals surface area contributed by atoms with Gasteiger partial charge in [-0.3, -0.25) is 19.3 Å². The molecule has 1 aliphatic heterocycles. The van der Waals surface area contributed by atoms with Gasteiger partial charge in [0.15, 0.2) is 0 Å². The smallest absolute Gasteiger partial charge is 0.229 e. The van der Waals surface area contributed by atoms with Crippen LogP contribution in [0.3, 0.4) is 0 Å². The van der Waals surface area contributed by atoms with Gasteiger partial charge in [0.2, 0.25) is 17.7 Å². The van der Waals surface area contributed by atoms with Gasteiger partial charge in [-0.2, -0.15) is 0 Å². The van der Waals surface area contributed by atoms with Crippen LogP contribution in [-0.4, -0.2) is 35.2 Å². The third kappa shape index (κ3) is 4.24. The number of carbonyl (C=O) groups excluding carboxylic acids is 3. The summed E-state index contributed by atoms with van der Waals surface area (Å²) in [6.45, 7) is 2.13. The lowest BCUT2D eigenvalue weighted by Crippen LogP contribution is -2.38. The van der Waals surface area contributed by atoms with Crippen molar-refractivity contribution in [3.63, 3.8) is 0 Å². The quantitative estimate of drug-likeness (QED) is 0.823. The molecule has 2 aromatic carbocycles. The summed E-state index contributed by atoms with van der Waals surface area (Å²) in [5, 5.41) is 5.32. The van der Waals surface area contributed by atoms with Crippen LogP contribution in [0.25, 0.3) is 10.8 Å². The Bertz CT molecular complexity index is 799. The van der Waals surface area contributed by atoms with Crippen molar-refractivity contribution in [2.45, 2.75) is 38.6 Å². The number of carbonyl (C=O) groups is 3. The number of nitrogens with one attached hydrogen (secondary N) is 1. The van der Waals surface area contributed by atoms with Crippen LogP contribution in [0.4, 0.5) is 0 Å². The fraction of sp³-hybridized carbons (Fsp3) is 0.350. The van der Waals surface area contributed by atoms with E-state index < -0.39 is 0 Å². The number of rotatable bonds is 6. The van der Waals surface area contributed by atoms with Gasteiger partial charge in [-0.05, 0) is 29.7 Å². The highest BCUT2D eigenvalue weighted by Gasteiger charge is 2.28. The summed E-state index contributed by atoms with van der Waals surface area (Å²) in [5.41, 5.74) is 1.16. The molecule has 1 fully saturated rings. The van der Waals surface area contributed by atoms with Crippen molar-refractivity contribution in [1.29, 1.82) is 0 Å². The summed E-state index contributed by atoms with van der Waals surface area (Å²) in [6.07, 6.45) is 1.41. The maximum absolute atomic E-state index is 12.1. The van der Waals surface area contributed by atoms with Crippen molar-refractivity contribution < 1.29 is 14.4 Å². The molecule has 130 valence electrons. The largest absolute Gasteiger partial charge is 0.353 e. The van der Waals surface area contributed by atoms with Crippen molar-refractivity contribution in [2.24, 2.45) is 0 Å². The molecular formula is C20H22N2O3. The predicted octanol–water partition coefficient (Wildman–Crippen LogP) is 2.43. The number of nitrogens with zero attached hydrogens (tertiary/aromatic N) is 1. The van der Waals surface area contributed by atoms with E-state index >= 15 is 0 Å². The Morgan fingerprint density at radius 2 is 1.76 bits per heavy atom. The van der Waals surface area contributed by atoms with Gasteiger partial charge in [0.25, 0.3) is 0 Å². The number of hydrogen-bond acceptors (Lipinski definition) is 3. The Kier molecular flexibility index (Phi) is 5.12. The van der Waals surface area contributed by atoms with Crippen LogP contribution in [0.2, 0.25) is 0 Å². The van der Waals surface area contributed by atoms with Crippen molar-refractivity contribution in [3.8, 4) is 0 Å². The lowest BCUT2D eigenvalue weighted by atomic mass is 10.0. The molecule has 0 spiro atoms. The molecule has 1 saturated heterocycles. The van der Waals surface area contributed by atoms with E-state index in [-0.39, 0.29) is 49.6 Å². The van der Waals surface area contributed by atoms with Crippen LogP contribution in [0.15, 0.2) is 42.5 Å². The average Bonchev–Trinajstić information content (AvgIpc) is 2.91. The number of benzene rings is 2. The molecule has 3 amide bonds. The molecule has 1 N–H and O–H groups in total. The molecule has 5 nitrogen and oxygen atoms in total. The Labute approximate surface area is 147 Å². The topological polar surface area (TPSA) is 66.5 Å². The zero-order valence-corrected chi connectivity index (χ0v) is 14.3. The van der Waals surface area contributed by atoms with Crippen LogP contribution in [0.1, 0.15) is 31.7 Å². The van der Waals surface area contributed by atoms with E-state index in [1.165, 1.54) is 15.7 Å². The number of hydrogen-bond donors (Lipinski definition) is 1. The minimum Gasteiger partial charge on any atom is -0.353 e. The fourth-order valence-electron chi connectivity index (χ4n) is 3.20. The summed E-state index contributed by atoms with van der Waals surface area (Å²) in [7, 11) is 0. The van der Waals surface area contributed by atoms with Crippen LogP contribution in [-0.2, 0) is 20.8 Å². The Morgan fingerprint density at radius 1 is 1.08 bits per heavy atom. The molecule has 0 saturated carbocycles. The van der Waals surface area contributed by atoms with Gasteiger partial charge in [0, 0.05) is 31.8 Å². The van der Waals surface area contributed by atoms with Crippen molar-refractivity contribution in [3.05, 3.63) is 48.0 Å². The third-order valence-corrected chi connectivity index (χ3v) is 4.48. The van der Waals surface area contributed by atoms with Gasteiger partial charge in [-0.15, -0.1) is 0 Å². The average molecular weight is 338 g/mol. The highest BCUT2D eigenvalue weighted by molar-refractivity contribution is 6.02. The SMILES string of the molecule is C[C@@H](Cc1ccc2ccccc2c1)NC(=O)CCN1C(=O)CCC1=O. The van der Waals surface area contributed by atoms with Crippen LogP contribution >= 0.6 is 0 Å². The highest BCUT2D eigenvalue weighted by atomic mass is 16.2. The van der Waals surface area contributed by atoms with Gasteiger partial charge in [-0.1, -0.05) is 42.5 Å². The maximum Gasteiger partial charge on any atom is 0.229 e. The van der Waals surface area contributed by atoms with E-state index in [4.69, 9.17) is 0 Å². The molecule has 1 atom stereocenters. The summed E-state index contributed by atoms with van der Waals surface area (Å²) in [4.78, 5) is 36.3. The summed E-state index contributed by atoms with van der Waals surface area (Å²) in [5.74, 6) is -0.496. The first-order chi connectivity index (χ1) is 12.0. The zero-order chi connectivity index (χ0) is 17.8. The van der Waals surface area contributed by atoms with Gasteiger partial charge in [0.1, 0.15) is 0 Å². The second kappa shape index (κ2) is 7.47. The molecule has 1 heterocycles. The van der Waals surface area contributed by atoms with E-state index in [2.05, 4.69) is 35.6 Å². The first-order valence-corrected chi connectivity index (χ1v) is 8.63. The molecule has 0 radical (unpaired) electrons. The molecular weight excluding hydrogens is 316 g/mol. The second-order valence-corrected chi connectivity index (χ2v) is 6.54. The molecule has 1 aliphatic rings. The highest BCUT2D eigenvalue weighted by Crippen LogP contribution is 2.17. The lowest BCUT2D eigenvalue weighted by molar-refractivity contribution is -0.138. The molecule has 5 heteroatoms. The van der Waals surface area contributed by atoms with Gasteiger partial charge < -0.3 is 5.32 Å². The van der Waals surface area contributed by atoms with Gasteiger partial charge in [-0.25, -0.2) is 0 Å². The van der Waals surface area contributed by atoms with Crippen molar-refractivity contribution >= 4 is 28.5 Å². The molecule has 2 aromatic rings. The van der Waals surface area contributed by atoms with E-state index in [1.807, 2.05) is 19.1 Å². The lowest BCUT2D eigenvalue weighted by Gasteiger charge is -2.17. The van der Waals surface area contributed by atoms with Crippen molar-refractivity contribution in [1.82, 2.24) is 10.2 Å².